The molecule has 0 saturated carbocycles. The van der Waals surface area contributed by atoms with E-state index < -0.39 is 0 Å². The SMILES string of the molecule is CCC[NH+](CC(=O)NNC(=O)c1ccccc1)Cc1nnc(-c2cccs2)o1. The molecule has 0 aliphatic rings. The molecule has 146 valence electrons. The van der Waals surface area contributed by atoms with Crippen molar-refractivity contribution < 1.29 is 18.9 Å². The van der Waals surface area contributed by atoms with Crippen LogP contribution in [0.1, 0.15) is 29.6 Å². The molecule has 1 atom stereocenters. The summed E-state index contributed by atoms with van der Waals surface area (Å²) >= 11 is 1.53. The maximum absolute atomic E-state index is 12.2. The van der Waals surface area contributed by atoms with E-state index in [-0.39, 0.29) is 18.4 Å². The van der Waals surface area contributed by atoms with E-state index in [0.717, 1.165) is 22.7 Å². The summed E-state index contributed by atoms with van der Waals surface area (Å²) in [6, 6.07) is 12.5. The van der Waals surface area contributed by atoms with Gasteiger partial charge in [-0.15, -0.1) is 21.5 Å². The number of nitrogens with zero attached hydrogens (tertiary/aromatic N) is 2. The topological polar surface area (TPSA) is 102 Å². The van der Waals surface area contributed by atoms with Gasteiger partial charge in [0.25, 0.3) is 23.6 Å². The van der Waals surface area contributed by atoms with Crippen LogP contribution in [0.15, 0.2) is 52.3 Å². The van der Waals surface area contributed by atoms with Gasteiger partial charge in [0.15, 0.2) is 13.1 Å². The number of aromatic nitrogens is 2. The zero-order chi connectivity index (χ0) is 19.8. The molecule has 0 spiro atoms. The lowest BCUT2D eigenvalue weighted by Crippen LogP contribution is -3.12. The van der Waals surface area contributed by atoms with E-state index in [9.17, 15) is 9.59 Å². The van der Waals surface area contributed by atoms with Crippen molar-refractivity contribution in [1.29, 1.82) is 0 Å². The van der Waals surface area contributed by atoms with Crippen molar-refractivity contribution in [3.63, 3.8) is 0 Å². The lowest BCUT2D eigenvalue weighted by Gasteiger charge is -2.16. The van der Waals surface area contributed by atoms with Crippen molar-refractivity contribution in [1.82, 2.24) is 21.0 Å². The Morgan fingerprint density at radius 1 is 1.11 bits per heavy atom. The smallest absolute Gasteiger partial charge is 0.293 e. The predicted molar refractivity (Wildman–Crippen MR) is 104 cm³/mol. The fourth-order valence-corrected chi connectivity index (χ4v) is 3.34. The van der Waals surface area contributed by atoms with Crippen LogP contribution in [0.5, 0.6) is 0 Å². The van der Waals surface area contributed by atoms with Gasteiger partial charge < -0.3 is 9.32 Å². The number of quaternary nitrogens is 1. The fraction of sp³-hybridized carbons (Fsp3) is 0.263. The van der Waals surface area contributed by atoms with E-state index >= 15 is 0 Å². The van der Waals surface area contributed by atoms with Crippen LogP contribution in [0.4, 0.5) is 0 Å². The average Bonchev–Trinajstić information content (AvgIpc) is 3.39. The van der Waals surface area contributed by atoms with E-state index in [1.165, 1.54) is 11.3 Å². The molecule has 1 aromatic carbocycles. The van der Waals surface area contributed by atoms with Crippen LogP contribution in [0.25, 0.3) is 10.8 Å². The molecule has 0 bridgehead atoms. The van der Waals surface area contributed by atoms with Gasteiger partial charge >= 0.3 is 0 Å². The van der Waals surface area contributed by atoms with Crippen molar-refractivity contribution >= 4 is 23.2 Å². The molecule has 3 N–H and O–H groups in total. The molecule has 2 heterocycles. The summed E-state index contributed by atoms with van der Waals surface area (Å²) < 4.78 is 5.71. The zero-order valence-corrected chi connectivity index (χ0v) is 16.3. The second-order valence-corrected chi connectivity index (χ2v) is 7.15. The summed E-state index contributed by atoms with van der Waals surface area (Å²) in [4.78, 5) is 26.1. The molecule has 0 fully saturated rings. The lowest BCUT2D eigenvalue weighted by atomic mass is 10.2. The number of amides is 2. The average molecular weight is 400 g/mol. The quantitative estimate of drug-likeness (QED) is 0.491. The Morgan fingerprint density at radius 3 is 2.64 bits per heavy atom. The van der Waals surface area contributed by atoms with E-state index in [4.69, 9.17) is 4.42 Å². The molecule has 8 nitrogen and oxygen atoms in total. The molecular weight excluding hydrogens is 378 g/mol. The molecule has 1 unspecified atom stereocenters. The Balaban J connectivity index is 1.52. The molecule has 0 saturated heterocycles. The van der Waals surface area contributed by atoms with Crippen LogP contribution >= 0.6 is 11.3 Å². The van der Waals surface area contributed by atoms with Crippen LogP contribution < -0.4 is 15.8 Å². The van der Waals surface area contributed by atoms with Crippen molar-refractivity contribution in [2.45, 2.75) is 19.9 Å². The van der Waals surface area contributed by atoms with Gasteiger partial charge in [0.1, 0.15) is 0 Å². The summed E-state index contributed by atoms with van der Waals surface area (Å²) in [6.45, 7) is 3.42. The zero-order valence-electron chi connectivity index (χ0n) is 15.5. The third-order valence-corrected chi connectivity index (χ3v) is 4.82. The van der Waals surface area contributed by atoms with Crippen molar-refractivity contribution in [2.24, 2.45) is 0 Å². The summed E-state index contributed by atoms with van der Waals surface area (Å²) in [5.74, 6) is 0.322. The maximum Gasteiger partial charge on any atom is 0.293 e. The summed E-state index contributed by atoms with van der Waals surface area (Å²) in [6.07, 6.45) is 0.894. The number of rotatable bonds is 8. The third kappa shape index (κ3) is 5.48. The van der Waals surface area contributed by atoms with Crippen LogP contribution in [0.2, 0.25) is 0 Å². The summed E-state index contributed by atoms with van der Waals surface area (Å²) in [5, 5.41) is 10.1. The number of carbonyl (C=O) groups is 2. The first-order chi connectivity index (χ1) is 13.7. The summed E-state index contributed by atoms with van der Waals surface area (Å²) in [5.41, 5.74) is 5.37. The Kier molecular flexibility index (Phi) is 6.88. The predicted octanol–water partition coefficient (Wildman–Crippen LogP) is 1.05. The highest BCUT2D eigenvalue weighted by Gasteiger charge is 2.19. The van der Waals surface area contributed by atoms with Gasteiger partial charge in [0, 0.05) is 5.56 Å². The molecule has 0 aliphatic carbocycles. The Morgan fingerprint density at radius 2 is 1.93 bits per heavy atom. The molecule has 0 radical (unpaired) electrons. The number of benzene rings is 1. The minimum absolute atomic E-state index is 0.180. The monoisotopic (exact) mass is 400 g/mol. The molecule has 9 heteroatoms. The minimum atomic E-state index is -0.358. The number of carbonyl (C=O) groups excluding carboxylic acids is 2. The highest BCUT2D eigenvalue weighted by atomic mass is 32.1. The van der Waals surface area contributed by atoms with Gasteiger partial charge in [-0.1, -0.05) is 31.2 Å². The highest BCUT2D eigenvalue weighted by molar-refractivity contribution is 7.13. The van der Waals surface area contributed by atoms with Crippen LogP contribution in [-0.2, 0) is 11.3 Å². The van der Waals surface area contributed by atoms with Gasteiger partial charge in [0.2, 0.25) is 0 Å². The van der Waals surface area contributed by atoms with Crippen molar-refractivity contribution in [2.75, 3.05) is 13.1 Å². The normalized spacial score (nSPS) is 11.8. The van der Waals surface area contributed by atoms with Gasteiger partial charge in [-0.3, -0.25) is 20.4 Å². The first kappa shape index (κ1) is 19.7. The van der Waals surface area contributed by atoms with E-state index in [1.54, 1.807) is 24.3 Å². The molecule has 2 aromatic heterocycles. The first-order valence-electron chi connectivity index (χ1n) is 8.99. The minimum Gasteiger partial charge on any atom is -0.414 e. The number of nitrogens with one attached hydrogen (secondary N) is 3. The van der Waals surface area contributed by atoms with Crippen molar-refractivity contribution in [3.8, 4) is 10.8 Å². The van der Waals surface area contributed by atoms with Gasteiger partial charge in [0.05, 0.1) is 11.4 Å². The second-order valence-electron chi connectivity index (χ2n) is 6.20. The van der Waals surface area contributed by atoms with Gasteiger partial charge in [-0.05, 0) is 30.0 Å². The Hall–Kier alpha value is -3.04. The van der Waals surface area contributed by atoms with Crippen LogP contribution in [0, 0.1) is 0 Å². The summed E-state index contributed by atoms with van der Waals surface area (Å²) in [7, 11) is 0. The largest absolute Gasteiger partial charge is 0.414 e. The molecule has 2 amide bonds. The standard InChI is InChI=1S/C19H21N5O3S/c1-2-10-24(13-17-21-23-19(27-17)15-9-6-11-28-15)12-16(25)20-22-18(26)14-7-4-3-5-8-14/h3-9,11H,2,10,12-13H2,1H3,(H,20,25)(H,22,26)/p+1. The highest BCUT2D eigenvalue weighted by Crippen LogP contribution is 2.22. The first-order valence-corrected chi connectivity index (χ1v) is 9.87. The van der Waals surface area contributed by atoms with Gasteiger partial charge in [-0.25, -0.2) is 0 Å². The second kappa shape index (κ2) is 9.77. The van der Waals surface area contributed by atoms with Gasteiger partial charge in [-0.2, -0.15) is 0 Å². The van der Waals surface area contributed by atoms with Crippen molar-refractivity contribution in [3.05, 3.63) is 59.3 Å². The molecular formula is C19H22N5O3S+. The van der Waals surface area contributed by atoms with Crippen LogP contribution in [0.3, 0.4) is 0 Å². The van der Waals surface area contributed by atoms with E-state index in [1.807, 2.05) is 30.5 Å². The lowest BCUT2D eigenvalue weighted by molar-refractivity contribution is -0.907. The molecule has 3 aromatic rings. The molecule has 28 heavy (non-hydrogen) atoms. The van der Waals surface area contributed by atoms with E-state index in [0.29, 0.717) is 23.9 Å². The van der Waals surface area contributed by atoms with Crippen LogP contribution in [-0.4, -0.2) is 35.1 Å². The number of hydrazine groups is 1. The molecule has 3 rings (SSSR count). The number of hydrogen-bond acceptors (Lipinski definition) is 6. The molecule has 0 aliphatic heterocycles. The Labute approximate surface area is 166 Å². The number of thiophene rings is 1. The maximum atomic E-state index is 12.2. The Bertz CT molecular complexity index is 895. The van der Waals surface area contributed by atoms with E-state index in [2.05, 4.69) is 21.0 Å². The third-order valence-electron chi connectivity index (χ3n) is 3.97. The number of hydrogen-bond donors (Lipinski definition) is 3. The fourth-order valence-electron chi connectivity index (χ4n) is 2.69.